The third-order valence-corrected chi connectivity index (χ3v) is 8.23. The Balaban J connectivity index is 1.78. The molecule has 0 radical (unpaired) electrons. The second-order valence-corrected chi connectivity index (χ2v) is 10.4. The average molecular weight is 490 g/mol. The Kier molecular flexibility index (Phi) is 5.35. The van der Waals surface area contributed by atoms with Gasteiger partial charge in [0.1, 0.15) is 16.5 Å². The number of nitriles is 1. The van der Waals surface area contributed by atoms with Crippen molar-refractivity contribution < 1.29 is 13.2 Å². The minimum Gasteiger partial charge on any atom is -0.439 e. The summed E-state index contributed by atoms with van der Waals surface area (Å²) < 4.78 is 35.7. The first-order valence-electron chi connectivity index (χ1n) is 10.6. The van der Waals surface area contributed by atoms with Gasteiger partial charge in [0.15, 0.2) is 5.76 Å². The third kappa shape index (κ3) is 3.43. The first-order chi connectivity index (χ1) is 16.3. The van der Waals surface area contributed by atoms with Crippen molar-refractivity contribution in [2.45, 2.75) is 19.4 Å². The maximum atomic E-state index is 14.2. The highest BCUT2D eigenvalue weighted by Gasteiger charge is 2.47. The molecule has 6 nitrogen and oxygen atoms in total. The lowest BCUT2D eigenvalue weighted by molar-refractivity contribution is 0.357. The summed E-state index contributed by atoms with van der Waals surface area (Å²) in [5.74, 6) is -0.938. The number of allylic oxidation sites excluding steroid dienone is 2. The molecule has 0 amide bonds. The summed E-state index contributed by atoms with van der Waals surface area (Å²) >= 11 is 6.23. The van der Waals surface area contributed by atoms with Crippen LogP contribution in [0.3, 0.4) is 0 Å². The molecule has 0 fully saturated rings. The van der Waals surface area contributed by atoms with E-state index < -0.39 is 15.9 Å². The first kappa shape index (κ1) is 22.1. The molecule has 0 spiro atoms. The van der Waals surface area contributed by atoms with Crippen LogP contribution in [-0.2, 0) is 21.3 Å². The van der Waals surface area contributed by atoms with Crippen LogP contribution in [0, 0.1) is 18.3 Å². The predicted octanol–water partition coefficient (Wildman–Crippen LogP) is 5.17. The number of ether oxygens (including phenoxy) is 1. The summed E-state index contributed by atoms with van der Waals surface area (Å²) in [6.07, 6.45) is 0. The molecule has 3 aromatic rings. The summed E-state index contributed by atoms with van der Waals surface area (Å²) in [4.78, 5) is -0.0206. The molecule has 0 aromatic heterocycles. The molecule has 170 valence electrons. The Labute approximate surface area is 203 Å². The van der Waals surface area contributed by atoms with Crippen LogP contribution >= 0.6 is 11.6 Å². The van der Waals surface area contributed by atoms with Crippen LogP contribution in [0.2, 0.25) is 5.02 Å². The number of nitrogens with two attached hydrogens (primary N) is 1. The van der Waals surface area contributed by atoms with Gasteiger partial charge in [-0.3, -0.25) is 4.31 Å². The van der Waals surface area contributed by atoms with E-state index in [-0.39, 0.29) is 28.7 Å². The molecule has 0 saturated heterocycles. The zero-order valence-electron chi connectivity index (χ0n) is 18.2. The quantitative estimate of drug-likeness (QED) is 0.547. The number of nitrogens with zero attached hydrogens (tertiary/aromatic N) is 2. The molecule has 2 aliphatic heterocycles. The fourth-order valence-electron chi connectivity index (χ4n) is 4.44. The van der Waals surface area contributed by atoms with Crippen molar-refractivity contribution in [3.8, 4) is 6.07 Å². The SMILES string of the molecule is Cc1ccccc1CN1c2ccccc2C2=C([C@@H](c3cccc(Cl)c3)C(C#N)=C(N)O2)S1(=O)=O. The van der Waals surface area contributed by atoms with E-state index in [1.54, 1.807) is 42.5 Å². The Morgan fingerprint density at radius 2 is 1.82 bits per heavy atom. The fourth-order valence-corrected chi connectivity index (χ4v) is 6.54. The van der Waals surface area contributed by atoms with E-state index in [0.29, 0.717) is 21.8 Å². The molecule has 3 aromatic carbocycles. The molecule has 0 saturated carbocycles. The summed E-state index contributed by atoms with van der Waals surface area (Å²) in [6.45, 7) is 2.07. The third-order valence-electron chi connectivity index (χ3n) is 6.12. The summed E-state index contributed by atoms with van der Waals surface area (Å²) in [5.41, 5.74) is 9.64. The molecular weight excluding hydrogens is 470 g/mol. The van der Waals surface area contributed by atoms with Gasteiger partial charge in [-0.1, -0.05) is 60.1 Å². The Hall–Kier alpha value is -3.73. The molecule has 5 rings (SSSR count). The molecular formula is C26H20ClN3O3S. The van der Waals surface area contributed by atoms with E-state index in [9.17, 15) is 13.7 Å². The van der Waals surface area contributed by atoms with Crippen molar-refractivity contribution in [3.63, 3.8) is 0 Å². The fraction of sp³-hybridized carbons (Fsp3) is 0.115. The summed E-state index contributed by atoms with van der Waals surface area (Å²) in [7, 11) is -4.13. The zero-order valence-corrected chi connectivity index (χ0v) is 19.8. The molecule has 8 heteroatoms. The number of rotatable bonds is 3. The van der Waals surface area contributed by atoms with E-state index in [1.807, 2.05) is 37.3 Å². The van der Waals surface area contributed by atoms with Gasteiger partial charge in [-0.05, 0) is 47.9 Å². The van der Waals surface area contributed by atoms with Crippen molar-refractivity contribution in [2.75, 3.05) is 4.31 Å². The van der Waals surface area contributed by atoms with Crippen molar-refractivity contribution in [2.24, 2.45) is 5.73 Å². The van der Waals surface area contributed by atoms with Crippen LogP contribution in [0.25, 0.3) is 5.76 Å². The van der Waals surface area contributed by atoms with Crippen LogP contribution in [0.4, 0.5) is 5.69 Å². The van der Waals surface area contributed by atoms with Gasteiger partial charge in [0.2, 0.25) is 5.88 Å². The predicted molar refractivity (Wildman–Crippen MR) is 132 cm³/mol. The highest BCUT2D eigenvalue weighted by atomic mass is 35.5. The highest BCUT2D eigenvalue weighted by Crippen LogP contribution is 2.51. The number of hydrogen-bond donors (Lipinski definition) is 1. The lowest BCUT2D eigenvalue weighted by atomic mass is 9.88. The normalized spacial score (nSPS) is 18.6. The van der Waals surface area contributed by atoms with Crippen molar-refractivity contribution >= 4 is 33.1 Å². The zero-order chi connectivity index (χ0) is 24.0. The number of fused-ring (bicyclic) bond motifs is 2. The molecule has 0 unspecified atom stereocenters. The highest BCUT2D eigenvalue weighted by molar-refractivity contribution is 7.96. The number of aryl methyl sites for hydroxylation is 1. The number of hydrogen-bond acceptors (Lipinski definition) is 5. The van der Waals surface area contributed by atoms with Gasteiger partial charge in [-0.15, -0.1) is 0 Å². The van der Waals surface area contributed by atoms with Gasteiger partial charge in [0.25, 0.3) is 10.0 Å². The molecule has 34 heavy (non-hydrogen) atoms. The number of para-hydroxylation sites is 1. The van der Waals surface area contributed by atoms with Crippen LogP contribution in [0.1, 0.15) is 28.2 Å². The number of anilines is 1. The second-order valence-electron chi connectivity index (χ2n) is 8.13. The van der Waals surface area contributed by atoms with Gasteiger partial charge in [-0.25, -0.2) is 8.42 Å². The summed E-state index contributed by atoms with van der Waals surface area (Å²) in [5, 5.41) is 10.3. The lowest BCUT2D eigenvalue weighted by Gasteiger charge is -2.38. The minimum atomic E-state index is -4.13. The number of halogens is 1. The maximum Gasteiger partial charge on any atom is 0.265 e. The van der Waals surface area contributed by atoms with Gasteiger partial charge in [-0.2, -0.15) is 5.26 Å². The van der Waals surface area contributed by atoms with E-state index in [4.69, 9.17) is 22.1 Å². The summed E-state index contributed by atoms with van der Waals surface area (Å²) in [6, 6.07) is 23.6. The smallest absolute Gasteiger partial charge is 0.265 e. The Bertz CT molecular complexity index is 1540. The minimum absolute atomic E-state index is 0.0206. The number of sulfonamides is 1. The van der Waals surface area contributed by atoms with Gasteiger partial charge < -0.3 is 10.5 Å². The molecule has 1 atom stereocenters. The standard InChI is InChI=1S/C26H20ClN3O3S/c1-16-7-2-3-8-18(16)15-30-22-12-5-4-11-20(22)24-25(34(30,31)32)23(21(14-28)26(29)33-24)17-9-6-10-19(27)13-17/h2-13,23H,15,29H2,1H3/t23-/m0/s1. The molecule has 0 aliphatic carbocycles. The topological polar surface area (TPSA) is 96.4 Å². The van der Waals surface area contributed by atoms with Gasteiger partial charge in [0.05, 0.1) is 18.2 Å². The second kappa shape index (κ2) is 8.24. The number of benzene rings is 3. The Morgan fingerprint density at radius 3 is 2.56 bits per heavy atom. The average Bonchev–Trinajstić information content (AvgIpc) is 2.82. The van der Waals surface area contributed by atoms with Crippen molar-refractivity contribution in [3.05, 3.63) is 116 Å². The van der Waals surface area contributed by atoms with Gasteiger partial charge >= 0.3 is 0 Å². The monoisotopic (exact) mass is 489 g/mol. The molecule has 2 N–H and O–H groups in total. The van der Waals surface area contributed by atoms with Crippen LogP contribution in [-0.4, -0.2) is 8.42 Å². The molecule has 2 heterocycles. The van der Waals surface area contributed by atoms with Crippen LogP contribution < -0.4 is 10.0 Å². The van der Waals surface area contributed by atoms with E-state index in [2.05, 4.69) is 6.07 Å². The first-order valence-corrected chi connectivity index (χ1v) is 12.4. The Morgan fingerprint density at radius 1 is 1.09 bits per heavy atom. The van der Waals surface area contributed by atoms with Crippen LogP contribution in [0.15, 0.2) is 89.2 Å². The molecule has 2 aliphatic rings. The van der Waals surface area contributed by atoms with Gasteiger partial charge in [0, 0.05) is 10.6 Å². The largest absolute Gasteiger partial charge is 0.439 e. The van der Waals surface area contributed by atoms with E-state index in [1.165, 1.54) is 4.31 Å². The van der Waals surface area contributed by atoms with Crippen molar-refractivity contribution in [1.82, 2.24) is 0 Å². The lowest BCUT2D eigenvalue weighted by Crippen LogP contribution is -2.39. The maximum absolute atomic E-state index is 14.2. The molecule has 0 bridgehead atoms. The van der Waals surface area contributed by atoms with E-state index >= 15 is 0 Å². The van der Waals surface area contributed by atoms with E-state index in [0.717, 1.165) is 11.1 Å². The van der Waals surface area contributed by atoms with Crippen molar-refractivity contribution in [1.29, 1.82) is 5.26 Å². The van der Waals surface area contributed by atoms with Crippen LogP contribution in [0.5, 0.6) is 0 Å².